The lowest BCUT2D eigenvalue weighted by molar-refractivity contribution is 0.0951. The molecule has 0 unspecified atom stereocenters. The summed E-state index contributed by atoms with van der Waals surface area (Å²) in [6.07, 6.45) is 0.672. The predicted octanol–water partition coefficient (Wildman–Crippen LogP) is 2.51. The fourth-order valence-electron chi connectivity index (χ4n) is 1.92. The van der Waals surface area contributed by atoms with Crippen LogP contribution in [0.4, 0.5) is 0 Å². The maximum atomic E-state index is 11.9. The molecule has 2 rings (SSSR count). The summed E-state index contributed by atoms with van der Waals surface area (Å²) in [4.78, 5) is 11.9. The van der Waals surface area contributed by atoms with Gasteiger partial charge in [-0.2, -0.15) is 0 Å². The molecule has 0 bridgehead atoms. The molecule has 4 nitrogen and oxygen atoms in total. The van der Waals surface area contributed by atoms with Crippen molar-refractivity contribution in [1.82, 2.24) is 5.32 Å². The highest BCUT2D eigenvalue weighted by molar-refractivity contribution is 6.30. The highest BCUT2D eigenvalue weighted by Crippen LogP contribution is 2.21. The van der Waals surface area contributed by atoms with Crippen LogP contribution in [-0.4, -0.2) is 22.7 Å². The van der Waals surface area contributed by atoms with Crippen LogP contribution < -0.4 is 5.32 Å². The Labute approximate surface area is 128 Å². The quantitative estimate of drug-likeness (QED) is 0.795. The second kappa shape index (κ2) is 7.11. The number of carbonyl (C=O) groups is 1. The van der Waals surface area contributed by atoms with Gasteiger partial charge in [-0.15, -0.1) is 0 Å². The monoisotopic (exact) mass is 305 g/mol. The molecule has 0 heterocycles. The lowest BCUT2D eigenvalue weighted by Crippen LogP contribution is -2.25. The molecule has 0 radical (unpaired) electrons. The first-order chi connectivity index (χ1) is 10.1. The van der Waals surface area contributed by atoms with E-state index in [1.165, 1.54) is 12.1 Å². The van der Waals surface area contributed by atoms with Crippen LogP contribution in [0.5, 0.6) is 5.75 Å². The van der Waals surface area contributed by atoms with Crippen molar-refractivity contribution < 1.29 is 15.0 Å². The number of amides is 1. The standard InChI is InChI=1S/C16H16ClNO3/c17-13-5-6-14(15(20)9-13)16(21)18-8-7-11-1-3-12(10-19)4-2-11/h1-6,9,19-20H,7-8,10H2,(H,18,21). The Morgan fingerprint density at radius 2 is 1.76 bits per heavy atom. The summed E-state index contributed by atoms with van der Waals surface area (Å²) in [6, 6.07) is 11.9. The molecule has 0 aliphatic rings. The van der Waals surface area contributed by atoms with Gasteiger partial charge in [0.15, 0.2) is 0 Å². The second-order valence-corrected chi connectivity index (χ2v) is 5.08. The third kappa shape index (κ3) is 4.21. The van der Waals surface area contributed by atoms with Crippen molar-refractivity contribution in [2.75, 3.05) is 6.54 Å². The molecule has 1 amide bonds. The number of benzene rings is 2. The molecule has 5 heteroatoms. The lowest BCUT2D eigenvalue weighted by Gasteiger charge is -2.07. The number of nitrogens with one attached hydrogen (secondary N) is 1. The van der Waals surface area contributed by atoms with E-state index in [4.69, 9.17) is 16.7 Å². The average Bonchev–Trinajstić information content (AvgIpc) is 2.47. The maximum Gasteiger partial charge on any atom is 0.255 e. The van der Waals surface area contributed by atoms with Gasteiger partial charge in [0.25, 0.3) is 5.91 Å². The number of phenols is 1. The number of carbonyl (C=O) groups excluding carboxylic acids is 1. The van der Waals surface area contributed by atoms with Crippen molar-refractivity contribution in [2.45, 2.75) is 13.0 Å². The highest BCUT2D eigenvalue weighted by Gasteiger charge is 2.10. The van der Waals surface area contributed by atoms with Gasteiger partial charge in [-0.1, -0.05) is 35.9 Å². The summed E-state index contributed by atoms with van der Waals surface area (Å²) < 4.78 is 0. The van der Waals surface area contributed by atoms with Gasteiger partial charge in [0.05, 0.1) is 12.2 Å². The summed E-state index contributed by atoms with van der Waals surface area (Å²) >= 11 is 5.72. The normalized spacial score (nSPS) is 10.4. The topological polar surface area (TPSA) is 69.6 Å². The Bertz CT molecular complexity index is 626. The van der Waals surface area contributed by atoms with Gasteiger partial charge >= 0.3 is 0 Å². The zero-order chi connectivity index (χ0) is 15.2. The van der Waals surface area contributed by atoms with Gasteiger partial charge in [-0.3, -0.25) is 4.79 Å². The van der Waals surface area contributed by atoms with Gasteiger partial charge in [-0.05, 0) is 35.7 Å². The van der Waals surface area contributed by atoms with Crippen LogP contribution in [0, 0.1) is 0 Å². The Kier molecular flexibility index (Phi) is 5.20. The minimum atomic E-state index is -0.337. The fraction of sp³-hybridized carbons (Fsp3) is 0.188. The molecule has 110 valence electrons. The molecule has 2 aromatic rings. The average molecular weight is 306 g/mol. The largest absolute Gasteiger partial charge is 0.507 e. The van der Waals surface area contributed by atoms with Gasteiger partial charge in [0.2, 0.25) is 0 Å². The fourth-order valence-corrected chi connectivity index (χ4v) is 2.09. The number of hydrogen-bond acceptors (Lipinski definition) is 3. The van der Waals surface area contributed by atoms with Crippen LogP contribution >= 0.6 is 11.6 Å². The smallest absolute Gasteiger partial charge is 0.255 e. The first kappa shape index (κ1) is 15.4. The molecule has 0 saturated heterocycles. The van der Waals surface area contributed by atoms with E-state index in [-0.39, 0.29) is 23.8 Å². The molecular weight excluding hydrogens is 290 g/mol. The maximum absolute atomic E-state index is 11.9. The molecule has 0 aliphatic carbocycles. The highest BCUT2D eigenvalue weighted by atomic mass is 35.5. The van der Waals surface area contributed by atoms with Crippen molar-refractivity contribution in [3.8, 4) is 5.75 Å². The Morgan fingerprint density at radius 3 is 2.38 bits per heavy atom. The van der Waals surface area contributed by atoms with Gasteiger partial charge < -0.3 is 15.5 Å². The van der Waals surface area contributed by atoms with E-state index in [2.05, 4.69) is 5.32 Å². The van der Waals surface area contributed by atoms with E-state index in [0.29, 0.717) is 18.0 Å². The van der Waals surface area contributed by atoms with Crippen LogP contribution in [0.2, 0.25) is 5.02 Å². The molecule has 2 aromatic carbocycles. The van der Waals surface area contributed by atoms with Crippen molar-refractivity contribution in [2.24, 2.45) is 0 Å². The predicted molar refractivity (Wildman–Crippen MR) is 81.5 cm³/mol. The van der Waals surface area contributed by atoms with Crippen LogP contribution in [-0.2, 0) is 13.0 Å². The molecule has 21 heavy (non-hydrogen) atoms. The molecule has 0 saturated carbocycles. The minimum Gasteiger partial charge on any atom is -0.507 e. The summed E-state index contributed by atoms with van der Waals surface area (Å²) in [7, 11) is 0. The first-order valence-corrected chi connectivity index (χ1v) is 6.93. The zero-order valence-corrected chi connectivity index (χ0v) is 12.1. The lowest BCUT2D eigenvalue weighted by atomic mass is 10.1. The molecule has 0 fully saturated rings. The number of rotatable bonds is 5. The van der Waals surface area contributed by atoms with Crippen LogP contribution in [0.15, 0.2) is 42.5 Å². The van der Waals surface area contributed by atoms with Gasteiger partial charge in [0.1, 0.15) is 5.75 Å². The van der Waals surface area contributed by atoms with E-state index in [9.17, 15) is 9.90 Å². The molecular formula is C16H16ClNO3. The van der Waals surface area contributed by atoms with E-state index in [0.717, 1.165) is 11.1 Å². The summed E-state index contributed by atoms with van der Waals surface area (Å²) in [5.74, 6) is -0.469. The second-order valence-electron chi connectivity index (χ2n) is 4.64. The van der Waals surface area contributed by atoms with E-state index >= 15 is 0 Å². The van der Waals surface area contributed by atoms with E-state index < -0.39 is 0 Å². The number of halogens is 1. The van der Waals surface area contributed by atoms with Crippen molar-refractivity contribution >= 4 is 17.5 Å². The number of aliphatic hydroxyl groups excluding tert-OH is 1. The summed E-state index contributed by atoms with van der Waals surface area (Å²) in [5, 5.41) is 21.8. The third-order valence-corrected chi connectivity index (χ3v) is 3.34. The number of phenolic OH excluding ortho intramolecular Hbond substituents is 1. The molecule has 0 spiro atoms. The van der Waals surface area contributed by atoms with Crippen LogP contribution in [0.25, 0.3) is 0 Å². The first-order valence-electron chi connectivity index (χ1n) is 6.55. The van der Waals surface area contributed by atoms with Crippen molar-refractivity contribution in [3.05, 3.63) is 64.2 Å². The van der Waals surface area contributed by atoms with E-state index in [1.807, 2.05) is 24.3 Å². The van der Waals surface area contributed by atoms with Crippen LogP contribution in [0.3, 0.4) is 0 Å². The minimum absolute atomic E-state index is 0.0207. The summed E-state index contributed by atoms with van der Waals surface area (Å²) in [6.45, 7) is 0.478. The van der Waals surface area contributed by atoms with Crippen LogP contribution in [0.1, 0.15) is 21.5 Å². The van der Waals surface area contributed by atoms with Gasteiger partial charge in [-0.25, -0.2) is 0 Å². The molecule has 0 atom stereocenters. The Hall–Kier alpha value is -2.04. The third-order valence-electron chi connectivity index (χ3n) is 3.11. The Balaban J connectivity index is 1.88. The number of aromatic hydroxyl groups is 1. The van der Waals surface area contributed by atoms with Gasteiger partial charge in [0, 0.05) is 11.6 Å². The number of aliphatic hydroxyl groups is 1. The zero-order valence-electron chi connectivity index (χ0n) is 11.3. The van der Waals surface area contributed by atoms with Crippen molar-refractivity contribution in [3.63, 3.8) is 0 Å². The van der Waals surface area contributed by atoms with E-state index in [1.54, 1.807) is 6.07 Å². The summed E-state index contributed by atoms with van der Waals surface area (Å²) in [5.41, 5.74) is 2.12. The molecule has 3 N–H and O–H groups in total. The molecule has 0 aromatic heterocycles. The van der Waals surface area contributed by atoms with Crippen molar-refractivity contribution in [1.29, 1.82) is 0 Å². The Morgan fingerprint density at radius 1 is 1.10 bits per heavy atom. The molecule has 0 aliphatic heterocycles. The number of hydrogen-bond donors (Lipinski definition) is 3. The SMILES string of the molecule is O=C(NCCc1ccc(CO)cc1)c1ccc(Cl)cc1O.